The predicted octanol–water partition coefficient (Wildman–Crippen LogP) is 2.11. The van der Waals surface area contributed by atoms with Crippen molar-refractivity contribution in [2.24, 2.45) is 0 Å². The highest BCUT2D eigenvalue weighted by Crippen LogP contribution is 2.23. The summed E-state index contributed by atoms with van der Waals surface area (Å²) in [5, 5.41) is 0.342. The molecule has 5 heteroatoms. The van der Waals surface area contributed by atoms with E-state index in [0.717, 1.165) is 0 Å². The molecule has 1 rings (SSSR count). The number of carbonyl (C=O) groups excluding carboxylic acids is 1. The van der Waals surface area contributed by atoms with Gasteiger partial charge in [-0.1, -0.05) is 17.7 Å². The molecule has 2 N–H and O–H groups in total. The lowest BCUT2D eigenvalue weighted by Crippen LogP contribution is -2.20. The van der Waals surface area contributed by atoms with Gasteiger partial charge < -0.3 is 15.2 Å². The van der Waals surface area contributed by atoms with E-state index in [1.807, 2.05) is 0 Å². The van der Waals surface area contributed by atoms with E-state index in [9.17, 15) is 4.79 Å². The fraction of sp³-hybridized carbons (Fsp3) is 0.364. The third kappa shape index (κ3) is 3.12. The first-order valence-corrected chi connectivity index (χ1v) is 5.18. The van der Waals surface area contributed by atoms with Crippen molar-refractivity contribution in [2.75, 3.05) is 19.5 Å². The van der Waals surface area contributed by atoms with Crippen molar-refractivity contribution in [1.29, 1.82) is 0 Å². The lowest BCUT2D eigenvalue weighted by atomic mass is 10.2. The molecule has 0 aliphatic rings. The van der Waals surface area contributed by atoms with E-state index in [4.69, 9.17) is 26.8 Å². The van der Waals surface area contributed by atoms with Crippen LogP contribution in [0.4, 0.5) is 5.69 Å². The number of nitrogen functional groups attached to an aromatic ring is 1. The Hall–Kier alpha value is -1.26. The molecule has 0 saturated carbocycles. The first-order chi connectivity index (χ1) is 7.56. The second kappa shape index (κ2) is 5.72. The number of hydrogen-bond donors (Lipinski definition) is 1. The number of halogens is 1. The van der Waals surface area contributed by atoms with Crippen molar-refractivity contribution in [3.05, 3.63) is 28.8 Å². The molecule has 0 aromatic heterocycles. The number of methoxy groups -OCH3 is 1. The van der Waals surface area contributed by atoms with Gasteiger partial charge in [0.25, 0.3) is 0 Å². The minimum atomic E-state index is -0.496. The van der Waals surface area contributed by atoms with Crippen molar-refractivity contribution in [2.45, 2.75) is 13.0 Å². The maximum Gasteiger partial charge on any atom is 0.340 e. The summed E-state index contributed by atoms with van der Waals surface area (Å²) in [6.45, 7) is 2.08. The number of benzene rings is 1. The lowest BCUT2D eigenvalue weighted by molar-refractivity contribution is 0.0121. The molecule has 1 atom stereocenters. The molecule has 0 radical (unpaired) electrons. The second-order valence-electron chi connectivity index (χ2n) is 3.37. The zero-order valence-corrected chi connectivity index (χ0v) is 9.95. The topological polar surface area (TPSA) is 61.5 Å². The van der Waals surface area contributed by atoms with Crippen LogP contribution in [0.25, 0.3) is 0 Å². The number of hydrogen-bond acceptors (Lipinski definition) is 4. The molecule has 1 unspecified atom stereocenters. The predicted molar refractivity (Wildman–Crippen MR) is 62.6 cm³/mol. The lowest BCUT2D eigenvalue weighted by Gasteiger charge is -2.13. The summed E-state index contributed by atoms with van der Waals surface area (Å²) < 4.78 is 9.97. The number of para-hydroxylation sites is 1. The molecule has 0 saturated heterocycles. The Balaban J connectivity index is 2.77. The quantitative estimate of drug-likeness (QED) is 0.650. The minimum absolute atomic E-state index is 0.235. The fourth-order valence-corrected chi connectivity index (χ4v) is 1.40. The van der Waals surface area contributed by atoms with E-state index < -0.39 is 5.97 Å². The molecule has 0 aliphatic heterocycles. The van der Waals surface area contributed by atoms with Crippen LogP contribution < -0.4 is 5.73 Å². The highest BCUT2D eigenvalue weighted by molar-refractivity contribution is 6.33. The first-order valence-electron chi connectivity index (χ1n) is 4.80. The van der Waals surface area contributed by atoms with E-state index in [-0.39, 0.29) is 17.4 Å². The smallest absolute Gasteiger partial charge is 0.340 e. The van der Waals surface area contributed by atoms with Gasteiger partial charge in [-0.3, -0.25) is 0 Å². The van der Waals surface area contributed by atoms with Gasteiger partial charge in [-0.2, -0.15) is 0 Å². The summed E-state index contributed by atoms with van der Waals surface area (Å²) in [5.41, 5.74) is 6.18. The highest BCUT2D eigenvalue weighted by atomic mass is 35.5. The summed E-state index contributed by atoms with van der Waals surface area (Å²) in [6, 6.07) is 4.84. The molecule has 0 spiro atoms. The Morgan fingerprint density at radius 3 is 2.88 bits per heavy atom. The van der Waals surface area contributed by atoms with Crippen LogP contribution in [0, 0.1) is 0 Å². The molecule has 88 valence electrons. The molecule has 0 bridgehead atoms. The highest BCUT2D eigenvalue weighted by Gasteiger charge is 2.15. The van der Waals surface area contributed by atoms with Crippen molar-refractivity contribution in [1.82, 2.24) is 0 Å². The number of ether oxygens (including phenoxy) is 2. The summed E-state index contributed by atoms with van der Waals surface area (Å²) in [6.07, 6.45) is -0.323. The molecular weight excluding hydrogens is 230 g/mol. The van der Waals surface area contributed by atoms with E-state index in [1.165, 1.54) is 7.11 Å². The number of esters is 1. The van der Waals surface area contributed by atoms with Gasteiger partial charge >= 0.3 is 5.97 Å². The van der Waals surface area contributed by atoms with Crippen molar-refractivity contribution >= 4 is 23.3 Å². The Labute approximate surface area is 99.3 Å². The second-order valence-corrected chi connectivity index (χ2v) is 3.78. The molecule has 0 heterocycles. The van der Waals surface area contributed by atoms with Gasteiger partial charge in [0.1, 0.15) is 6.10 Å². The Morgan fingerprint density at radius 1 is 1.56 bits per heavy atom. The van der Waals surface area contributed by atoms with Crippen molar-refractivity contribution in [3.8, 4) is 0 Å². The molecule has 0 amide bonds. The number of carbonyl (C=O) groups is 1. The van der Waals surface area contributed by atoms with Gasteiger partial charge in [0.2, 0.25) is 0 Å². The largest absolute Gasteiger partial charge is 0.457 e. The zero-order valence-electron chi connectivity index (χ0n) is 9.20. The number of nitrogens with two attached hydrogens (primary N) is 1. The van der Waals surface area contributed by atoms with Crippen LogP contribution >= 0.6 is 11.6 Å². The maximum atomic E-state index is 11.7. The van der Waals surface area contributed by atoms with E-state index in [0.29, 0.717) is 11.6 Å². The first kappa shape index (κ1) is 12.8. The standard InChI is InChI=1S/C11H14ClNO3/c1-7(6-15-2)16-11(14)8-4-3-5-9(12)10(8)13/h3-5,7H,6,13H2,1-2H3. The molecule has 0 aliphatic carbocycles. The SMILES string of the molecule is COCC(C)OC(=O)c1cccc(Cl)c1N. The Morgan fingerprint density at radius 2 is 2.25 bits per heavy atom. The van der Waals surface area contributed by atoms with Crippen LogP contribution in [0.15, 0.2) is 18.2 Å². The third-order valence-corrected chi connectivity index (χ3v) is 2.31. The molecule has 4 nitrogen and oxygen atoms in total. The van der Waals surface area contributed by atoms with Gasteiger partial charge in [-0.05, 0) is 19.1 Å². The normalized spacial score (nSPS) is 12.2. The van der Waals surface area contributed by atoms with Crippen molar-refractivity contribution < 1.29 is 14.3 Å². The van der Waals surface area contributed by atoms with Gasteiger partial charge in [0, 0.05) is 7.11 Å². The van der Waals surface area contributed by atoms with Crippen LogP contribution in [0.1, 0.15) is 17.3 Å². The minimum Gasteiger partial charge on any atom is -0.457 e. The van der Waals surface area contributed by atoms with Gasteiger partial charge in [0.05, 0.1) is 22.9 Å². The summed E-state index contributed by atoms with van der Waals surface area (Å²) in [7, 11) is 1.54. The van der Waals surface area contributed by atoms with Crippen LogP contribution in [0.5, 0.6) is 0 Å². The van der Waals surface area contributed by atoms with E-state index >= 15 is 0 Å². The molecular formula is C11H14ClNO3. The van der Waals surface area contributed by atoms with Crippen LogP contribution in [0.3, 0.4) is 0 Å². The zero-order chi connectivity index (χ0) is 12.1. The average molecular weight is 244 g/mol. The summed E-state index contributed by atoms with van der Waals surface area (Å²) in [4.78, 5) is 11.7. The van der Waals surface area contributed by atoms with Crippen molar-refractivity contribution in [3.63, 3.8) is 0 Å². The number of anilines is 1. The van der Waals surface area contributed by atoms with E-state index in [1.54, 1.807) is 25.1 Å². The Bertz CT molecular complexity index is 381. The molecule has 1 aromatic rings. The number of rotatable bonds is 4. The van der Waals surface area contributed by atoms with Crippen LogP contribution in [0.2, 0.25) is 5.02 Å². The fourth-order valence-electron chi connectivity index (χ4n) is 1.23. The summed E-state index contributed by atoms with van der Waals surface area (Å²) in [5.74, 6) is -0.496. The van der Waals surface area contributed by atoms with Crippen LogP contribution in [-0.4, -0.2) is 25.8 Å². The van der Waals surface area contributed by atoms with Gasteiger partial charge in [0.15, 0.2) is 0 Å². The van der Waals surface area contributed by atoms with Gasteiger partial charge in [-0.25, -0.2) is 4.79 Å². The van der Waals surface area contributed by atoms with Gasteiger partial charge in [-0.15, -0.1) is 0 Å². The third-order valence-electron chi connectivity index (χ3n) is 1.98. The van der Waals surface area contributed by atoms with E-state index in [2.05, 4.69) is 0 Å². The monoisotopic (exact) mass is 243 g/mol. The Kier molecular flexibility index (Phi) is 4.58. The van der Waals surface area contributed by atoms with Crippen LogP contribution in [-0.2, 0) is 9.47 Å². The average Bonchev–Trinajstić information content (AvgIpc) is 2.22. The maximum absolute atomic E-state index is 11.7. The molecule has 0 fully saturated rings. The summed E-state index contributed by atoms with van der Waals surface area (Å²) >= 11 is 5.80. The molecule has 16 heavy (non-hydrogen) atoms. The molecule has 1 aromatic carbocycles.